The number of amides is 1. The first kappa shape index (κ1) is 15.3. The number of fused-ring (bicyclic) bond motifs is 3. The number of thiophene rings is 1. The van der Waals surface area contributed by atoms with Crippen molar-refractivity contribution in [1.82, 2.24) is 15.3 Å². The molecule has 3 aliphatic carbocycles. The lowest BCUT2D eigenvalue weighted by atomic mass is 9.93. The summed E-state index contributed by atoms with van der Waals surface area (Å²) in [4.78, 5) is 23.0. The minimum atomic E-state index is 0.0344. The first-order chi connectivity index (χ1) is 12.2. The van der Waals surface area contributed by atoms with Crippen LogP contribution < -0.4 is 10.6 Å². The van der Waals surface area contributed by atoms with Gasteiger partial charge in [-0.1, -0.05) is 12.2 Å². The van der Waals surface area contributed by atoms with Crippen LogP contribution in [0.2, 0.25) is 0 Å². The van der Waals surface area contributed by atoms with E-state index in [2.05, 4.69) is 32.8 Å². The lowest BCUT2D eigenvalue weighted by molar-refractivity contribution is 0.0954. The molecule has 3 atom stereocenters. The van der Waals surface area contributed by atoms with Crippen molar-refractivity contribution in [3.63, 3.8) is 0 Å². The molecular weight excluding hydrogens is 332 g/mol. The molecule has 2 bridgehead atoms. The summed E-state index contributed by atoms with van der Waals surface area (Å²) in [6.45, 7) is 2.95. The SMILES string of the molecule is Cc1c(C(=O)NC2CC2)sc2ncnc(NC[C@H]3C[C@@H]4C=C[C@H]3C4)c12. The minimum absolute atomic E-state index is 0.0344. The van der Waals surface area contributed by atoms with Gasteiger partial charge in [0.25, 0.3) is 5.91 Å². The molecule has 2 heterocycles. The molecule has 2 aromatic rings. The number of carbonyl (C=O) groups excluding carboxylic acids is 1. The Morgan fingerprint density at radius 1 is 1.28 bits per heavy atom. The van der Waals surface area contributed by atoms with E-state index >= 15 is 0 Å². The second-order valence-corrected chi connectivity index (χ2v) is 8.63. The summed E-state index contributed by atoms with van der Waals surface area (Å²) in [6, 6.07) is 0.367. The van der Waals surface area contributed by atoms with E-state index in [0.29, 0.717) is 12.0 Å². The fourth-order valence-electron chi connectivity index (χ4n) is 4.26. The Labute approximate surface area is 150 Å². The Bertz CT molecular complexity index is 870. The number of anilines is 1. The third-order valence-corrected chi connectivity index (χ3v) is 6.99. The van der Waals surface area contributed by atoms with Crippen molar-refractivity contribution in [2.75, 3.05) is 11.9 Å². The summed E-state index contributed by atoms with van der Waals surface area (Å²) in [5.41, 5.74) is 0.995. The number of nitrogens with zero attached hydrogens (tertiary/aromatic N) is 2. The monoisotopic (exact) mass is 354 g/mol. The Hall–Kier alpha value is -1.95. The van der Waals surface area contributed by atoms with Crippen LogP contribution in [-0.4, -0.2) is 28.5 Å². The molecule has 0 unspecified atom stereocenters. The fraction of sp³-hybridized carbons (Fsp3) is 0.526. The van der Waals surface area contributed by atoms with Gasteiger partial charge in [-0.3, -0.25) is 4.79 Å². The van der Waals surface area contributed by atoms with E-state index < -0.39 is 0 Å². The average Bonchev–Trinajstić information content (AvgIpc) is 3.04. The minimum Gasteiger partial charge on any atom is -0.369 e. The number of aromatic nitrogens is 2. The fourth-order valence-corrected chi connectivity index (χ4v) is 5.31. The van der Waals surface area contributed by atoms with Gasteiger partial charge in [0.15, 0.2) is 0 Å². The first-order valence-corrected chi connectivity index (χ1v) is 9.98. The van der Waals surface area contributed by atoms with Crippen molar-refractivity contribution in [2.24, 2.45) is 17.8 Å². The van der Waals surface area contributed by atoms with Crippen LogP contribution in [0.15, 0.2) is 18.5 Å². The van der Waals surface area contributed by atoms with Crippen molar-refractivity contribution in [3.8, 4) is 0 Å². The highest BCUT2D eigenvalue weighted by molar-refractivity contribution is 7.20. The summed E-state index contributed by atoms with van der Waals surface area (Å²) >= 11 is 1.47. The topological polar surface area (TPSA) is 66.9 Å². The van der Waals surface area contributed by atoms with E-state index in [4.69, 9.17) is 0 Å². The van der Waals surface area contributed by atoms with Crippen molar-refractivity contribution in [2.45, 2.75) is 38.6 Å². The molecule has 0 saturated heterocycles. The smallest absolute Gasteiger partial charge is 0.261 e. The lowest BCUT2D eigenvalue weighted by Gasteiger charge is -2.19. The van der Waals surface area contributed by atoms with Gasteiger partial charge in [-0.2, -0.15) is 0 Å². The molecule has 130 valence electrons. The molecule has 3 aliphatic rings. The normalized spacial score (nSPS) is 27.2. The largest absolute Gasteiger partial charge is 0.369 e. The van der Waals surface area contributed by atoms with E-state index in [-0.39, 0.29) is 5.91 Å². The summed E-state index contributed by atoms with van der Waals surface area (Å²) in [5, 5.41) is 7.64. The van der Waals surface area contributed by atoms with Crippen LogP contribution in [0.25, 0.3) is 10.2 Å². The molecule has 2 aromatic heterocycles. The number of allylic oxidation sites excluding steroid dienone is 2. The maximum atomic E-state index is 12.5. The zero-order valence-electron chi connectivity index (χ0n) is 14.3. The first-order valence-electron chi connectivity index (χ1n) is 9.16. The van der Waals surface area contributed by atoms with Crippen LogP contribution in [0.5, 0.6) is 0 Å². The predicted molar refractivity (Wildman–Crippen MR) is 100.0 cm³/mol. The zero-order chi connectivity index (χ0) is 17.0. The van der Waals surface area contributed by atoms with Gasteiger partial charge in [-0.15, -0.1) is 11.3 Å². The molecule has 5 nitrogen and oxygen atoms in total. The highest BCUT2D eigenvalue weighted by Crippen LogP contribution is 2.43. The third-order valence-electron chi connectivity index (χ3n) is 5.79. The zero-order valence-corrected chi connectivity index (χ0v) is 15.1. The van der Waals surface area contributed by atoms with Crippen LogP contribution in [-0.2, 0) is 0 Å². The number of carbonyl (C=O) groups is 1. The summed E-state index contributed by atoms with van der Waals surface area (Å²) < 4.78 is 0. The summed E-state index contributed by atoms with van der Waals surface area (Å²) in [6.07, 6.45) is 11.1. The highest BCUT2D eigenvalue weighted by Gasteiger charge is 2.35. The molecule has 0 aromatic carbocycles. The molecular formula is C19H22N4OS. The summed E-state index contributed by atoms with van der Waals surface area (Å²) in [5.74, 6) is 3.10. The van der Waals surface area contributed by atoms with Gasteiger partial charge in [0.1, 0.15) is 17.0 Å². The van der Waals surface area contributed by atoms with Crippen LogP contribution >= 0.6 is 11.3 Å². The van der Waals surface area contributed by atoms with Gasteiger partial charge in [0.05, 0.1) is 10.3 Å². The molecule has 2 saturated carbocycles. The molecule has 25 heavy (non-hydrogen) atoms. The van der Waals surface area contributed by atoms with E-state index in [1.807, 2.05) is 6.92 Å². The Kier molecular flexibility index (Phi) is 3.55. The molecule has 1 amide bonds. The van der Waals surface area contributed by atoms with Crippen LogP contribution in [0.4, 0.5) is 5.82 Å². The second-order valence-electron chi connectivity index (χ2n) is 7.63. The summed E-state index contributed by atoms with van der Waals surface area (Å²) in [7, 11) is 0. The van der Waals surface area contributed by atoms with Gasteiger partial charge in [0.2, 0.25) is 0 Å². The molecule has 2 N–H and O–H groups in total. The van der Waals surface area contributed by atoms with Gasteiger partial charge >= 0.3 is 0 Å². The number of hydrogen-bond acceptors (Lipinski definition) is 5. The van der Waals surface area contributed by atoms with Gasteiger partial charge in [-0.05, 0) is 55.9 Å². The van der Waals surface area contributed by atoms with Crippen molar-refractivity contribution >= 4 is 33.3 Å². The second kappa shape index (κ2) is 5.80. The number of nitrogens with one attached hydrogen (secondary N) is 2. The molecule has 5 rings (SSSR count). The molecule has 2 fully saturated rings. The third kappa shape index (κ3) is 2.72. The van der Waals surface area contributed by atoms with Crippen LogP contribution in [0.3, 0.4) is 0 Å². The standard InChI is InChI=1S/C19H22N4OS/c1-10-15-17(20-8-13-7-11-2-3-12(13)6-11)21-9-22-19(15)25-16(10)18(24)23-14-4-5-14/h2-3,9,11-14H,4-8H2,1H3,(H,23,24)(H,20,21,22)/t11-,12+,13-/m1/s1. The highest BCUT2D eigenvalue weighted by atomic mass is 32.1. The molecule has 6 heteroatoms. The van der Waals surface area contributed by atoms with Crippen molar-refractivity contribution in [3.05, 3.63) is 28.9 Å². The maximum Gasteiger partial charge on any atom is 0.261 e. The molecule has 0 radical (unpaired) electrons. The van der Waals surface area contributed by atoms with Gasteiger partial charge < -0.3 is 10.6 Å². The van der Waals surface area contributed by atoms with Crippen molar-refractivity contribution < 1.29 is 4.79 Å². The predicted octanol–water partition coefficient (Wildman–Crippen LogP) is 3.52. The van der Waals surface area contributed by atoms with E-state index in [9.17, 15) is 4.79 Å². The average molecular weight is 354 g/mol. The van der Waals surface area contributed by atoms with Crippen molar-refractivity contribution in [1.29, 1.82) is 0 Å². The Morgan fingerprint density at radius 3 is 2.88 bits per heavy atom. The van der Waals surface area contributed by atoms with Gasteiger partial charge in [-0.25, -0.2) is 9.97 Å². The Balaban J connectivity index is 1.39. The van der Waals surface area contributed by atoms with Crippen LogP contribution in [0, 0.1) is 24.7 Å². The molecule has 0 spiro atoms. The van der Waals surface area contributed by atoms with E-state index in [0.717, 1.165) is 57.7 Å². The molecule has 0 aliphatic heterocycles. The van der Waals surface area contributed by atoms with Gasteiger partial charge in [0, 0.05) is 12.6 Å². The van der Waals surface area contributed by atoms with E-state index in [1.54, 1.807) is 6.33 Å². The number of rotatable bonds is 5. The maximum absolute atomic E-state index is 12.5. The van der Waals surface area contributed by atoms with E-state index in [1.165, 1.54) is 24.2 Å². The Morgan fingerprint density at radius 2 is 2.16 bits per heavy atom. The lowest BCUT2D eigenvalue weighted by Crippen LogP contribution is -2.25. The number of aryl methyl sites for hydroxylation is 1. The number of hydrogen-bond donors (Lipinski definition) is 2. The quantitative estimate of drug-likeness (QED) is 0.806. The van der Waals surface area contributed by atoms with Crippen LogP contribution in [0.1, 0.15) is 40.9 Å².